The second-order valence-electron chi connectivity index (χ2n) is 5.22. The molecule has 3 rings (SSSR count). The Morgan fingerprint density at radius 2 is 2.04 bits per heavy atom. The number of hydrogen-bond acceptors (Lipinski definition) is 3. The van der Waals surface area contributed by atoms with Crippen LogP contribution in [0, 0.1) is 0 Å². The summed E-state index contributed by atoms with van der Waals surface area (Å²) < 4.78 is 5.69. The first-order chi connectivity index (χ1) is 11.0. The van der Waals surface area contributed by atoms with Crippen molar-refractivity contribution >= 4 is 29.3 Å². The van der Waals surface area contributed by atoms with Gasteiger partial charge < -0.3 is 9.84 Å². The summed E-state index contributed by atoms with van der Waals surface area (Å²) in [4.78, 5) is 23.9. The molecular formula is C17H14ClNO4. The molecule has 0 aliphatic carbocycles. The van der Waals surface area contributed by atoms with Gasteiger partial charge in [0.25, 0.3) is 0 Å². The third-order valence-electron chi connectivity index (χ3n) is 3.64. The SMILES string of the molecule is O=C(O)N1C(=O)CCc2ccc(OCc3cccc(Cl)c3)cc21. The van der Waals surface area contributed by atoms with Gasteiger partial charge in [-0.15, -0.1) is 0 Å². The van der Waals surface area contributed by atoms with Gasteiger partial charge in [0.1, 0.15) is 12.4 Å². The van der Waals surface area contributed by atoms with E-state index in [1.165, 1.54) is 0 Å². The van der Waals surface area contributed by atoms with Crippen LogP contribution in [0.1, 0.15) is 17.5 Å². The standard InChI is InChI=1S/C17H14ClNO4/c18-13-3-1-2-11(8-13)10-23-14-6-4-12-5-7-16(20)19(17(21)22)15(12)9-14/h1-4,6,8-9H,5,7,10H2,(H,21,22). The van der Waals surface area contributed by atoms with Crippen LogP contribution >= 0.6 is 11.6 Å². The quantitative estimate of drug-likeness (QED) is 0.927. The van der Waals surface area contributed by atoms with Crippen molar-refractivity contribution in [2.45, 2.75) is 19.4 Å². The van der Waals surface area contributed by atoms with Crippen LogP contribution in [0.15, 0.2) is 42.5 Å². The highest BCUT2D eigenvalue weighted by Gasteiger charge is 2.29. The number of ether oxygens (including phenoxy) is 1. The van der Waals surface area contributed by atoms with Crippen LogP contribution < -0.4 is 9.64 Å². The van der Waals surface area contributed by atoms with Crippen molar-refractivity contribution in [1.29, 1.82) is 0 Å². The zero-order valence-electron chi connectivity index (χ0n) is 12.2. The van der Waals surface area contributed by atoms with E-state index in [9.17, 15) is 14.7 Å². The molecule has 118 valence electrons. The molecule has 0 radical (unpaired) electrons. The number of aryl methyl sites for hydroxylation is 1. The summed E-state index contributed by atoms with van der Waals surface area (Å²) in [5.74, 6) is 0.0849. The first-order valence-corrected chi connectivity index (χ1v) is 7.48. The van der Waals surface area contributed by atoms with Crippen molar-refractivity contribution in [3.05, 3.63) is 58.6 Å². The van der Waals surface area contributed by atoms with Crippen molar-refractivity contribution in [2.75, 3.05) is 4.90 Å². The highest BCUT2D eigenvalue weighted by Crippen LogP contribution is 2.32. The molecule has 0 spiro atoms. The molecule has 2 aromatic rings. The van der Waals surface area contributed by atoms with Gasteiger partial charge in [0, 0.05) is 17.5 Å². The highest BCUT2D eigenvalue weighted by atomic mass is 35.5. The lowest BCUT2D eigenvalue weighted by molar-refractivity contribution is -0.118. The van der Waals surface area contributed by atoms with Crippen LogP contribution in [0.5, 0.6) is 5.75 Å². The van der Waals surface area contributed by atoms with E-state index in [2.05, 4.69) is 0 Å². The summed E-state index contributed by atoms with van der Waals surface area (Å²) in [6.45, 7) is 0.306. The van der Waals surface area contributed by atoms with Crippen LogP contribution in [-0.4, -0.2) is 17.1 Å². The van der Waals surface area contributed by atoms with Gasteiger partial charge in [-0.2, -0.15) is 0 Å². The fourth-order valence-electron chi connectivity index (χ4n) is 2.54. The zero-order chi connectivity index (χ0) is 16.4. The number of rotatable bonds is 3. The second kappa shape index (κ2) is 6.30. The summed E-state index contributed by atoms with van der Waals surface area (Å²) in [5, 5.41) is 9.86. The van der Waals surface area contributed by atoms with Gasteiger partial charge in [0.2, 0.25) is 5.91 Å². The van der Waals surface area contributed by atoms with Crippen LogP contribution in [0.2, 0.25) is 5.02 Å². The molecule has 0 bridgehead atoms. The van der Waals surface area contributed by atoms with E-state index in [0.717, 1.165) is 16.0 Å². The summed E-state index contributed by atoms with van der Waals surface area (Å²) >= 11 is 5.93. The zero-order valence-corrected chi connectivity index (χ0v) is 12.9. The number of amides is 2. The number of carbonyl (C=O) groups excluding carboxylic acids is 1. The van der Waals surface area contributed by atoms with Gasteiger partial charge in [-0.25, -0.2) is 9.69 Å². The number of hydrogen-bond donors (Lipinski definition) is 1. The molecule has 23 heavy (non-hydrogen) atoms. The van der Waals surface area contributed by atoms with Crippen molar-refractivity contribution in [2.24, 2.45) is 0 Å². The minimum atomic E-state index is -1.28. The van der Waals surface area contributed by atoms with Crippen molar-refractivity contribution in [3.63, 3.8) is 0 Å². The maximum atomic E-state index is 11.8. The molecule has 0 saturated carbocycles. The number of halogens is 1. The predicted octanol–water partition coefficient (Wildman–Crippen LogP) is 3.88. The number of anilines is 1. The number of carbonyl (C=O) groups is 2. The molecule has 1 heterocycles. The van der Waals surface area contributed by atoms with Crippen molar-refractivity contribution in [3.8, 4) is 5.75 Å². The van der Waals surface area contributed by atoms with E-state index in [4.69, 9.17) is 16.3 Å². The maximum absolute atomic E-state index is 11.8. The number of imide groups is 1. The van der Waals surface area contributed by atoms with Gasteiger partial charge in [-0.3, -0.25) is 4.79 Å². The van der Waals surface area contributed by atoms with Crippen LogP contribution in [0.25, 0.3) is 0 Å². The Morgan fingerprint density at radius 1 is 1.22 bits per heavy atom. The molecule has 1 N–H and O–H groups in total. The van der Waals surface area contributed by atoms with E-state index in [0.29, 0.717) is 29.5 Å². The van der Waals surface area contributed by atoms with E-state index in [1.54, 1.807) is 30.3 Å². The maximum Gasteiger partial charge on any atom is 0.418 e. The molecule has 6 heteroatoms. The molecule has 5 nitrogen and oxygen atoms in total. The minimum Gasteiger partial charge on any atom is -0.489 e. The smallest absolute Gasteiger partial charge is 0.418 e. The van der Waals surface area contributed by atoms with Gasteiger partial charge in [0.15, 0.2) is 0 Å². The van der Waals surface area contributed by atoms with Gasteiger partial charge >= 0.3 is 6.09 Å². The van der Waals surface area contributed by atoms with Crippen molar-refractivity contribution < 1.29 is 19.4 Å². The first kappa shape index (κ1) is 15.4. The lowest BCUT2D eigenvalue weighted by atomic mass is 10.0. The third-order valence-corrected chi connectivity index (χ3v) is 3.88. The normalized spacial score (nSPS) is 13.6. The average molecular weight is 332 g/mol. The Labute approximate surface area is 138 Å². The Balaban J connectivity index is 1.82. The number of fused-ring (bicyclic) bond motifs is 1. The predicted molar refractivity (Wildman–Crippen MR) is 86.1 cm³/mol. The molecule has 0 saturated heterocycles. The summed E-state index contributed by atoms with van der Waals surface area (Å²) in [7, 11) is 0. The fourth-order valence-corrected chi connectivity index (χ4v) is 2.76. The summed E-state index contributed by atoms with van der Waals surface area (Å²) in [6, 6.07) is 12.5. The van der Waals surface area contributed by atoms with Gasteiger partial charge in [-0.05, 0) is 35.7 Å². The molecule has 0 atom stereocenters. The molecular weight excluding hydrogens is 318 g/mol. The van der Waals surface area contributed by atoms with Crippen LogP contribution in [0.4, 0.5) is 10.5 Å². The molecule has 1 aliphatic rings. The Hall–Kier alpha value is -2.53. The average Bonchev–Trinajstić information content (AvgIpc) is 2.52. The van der Waals surface area contributed by atoms with Gasteiger partial charge in [0.05, 0.1) is 5.69 Å². The summed E-state index contributed by atoms with van der Waals surface area (Å²) in [5.41, 5.74) is 2.10. The van der Waals surface area contributed by atoms with E-state index >= 15 is 0 Å². The number of nitrogens with zero attached hydrogens (tertiary/aromatic N) is 1. The second-order valence-corrected chi connectivity index (χ2v) is 5.66. The fraction of sp³-hybridized carbons (Fsp3) is 0.176. The van der Waals surface area contributed by atoms with E-state index in [-0.39, 0.29) is 6.42 Å². The Morgan fingerprint density at radius 3 is 2.78 bits per heavy atom. The number of carboxylic acid groups (broad SMARTS) is 1. The minimum absolute atomic E-state index is 0.196. The molecule has 2 amide bonds. The number of benzene rings is 2. The molecule has 0 fully saturated rings. The third kappa shape index (κ3) is 3.29. The molecule has 0 aromatic heterocycles. The van der Waals surface area contributed by atoms with Crippen LogP contribution in [-0.2, 0) is 17.8 Å². The monoisotopic (exact) mass is 331 g/mol. The largest absolute Gasteiger partial charge is 0.489 e. The topological polar surface area (TPSA) is 66.8 Å². The highest BCUT2D eigenvalue weighted by molar-refractivity contribution is 6.30. The van der Waals surface area contributed by atoms with E-state index < -0.39 is 12.0 Å². The van der Waals surface area contributed by atoms with E-state index in [1.807, 2.05) is 12.1 Å². The molecule has 2 aromatic carbocycles. The van der Waals surface area contributed by atoms with Crippen molar-refractivity contribution in [1.82, 2.24) is 0 Å². The van der Waals surface area contributed by atoms with Gasteiger partial charge in [-0.1, -0.05) is 29.8 Å². The lowest BCUT2D eigenvalue weighted by Gasteiger charge is -2.25. The Kier molecular flexibility index (Phi) is 4.21. The molecule has 0 unspecified atom stereocenters. The Bertz CT molecular complexity index is 775. The van der Waals surface area contributed by atoms with Crippen LogP contribution in [0.3, 0.4) is 0 Å². The molecule has 1 aliphatic heterocycles. The lowest BCUT2D eigenvalue weighted by Crippen LogP contribution is -2.39. The summed E-state index contributed by atoms with van der Waals surface area (Å²) in [6.07, 6.45) is -0.544. The first-order valence-electron chi connectivity index (χ1n) is 7.10.